The number of methoxy groups -OCH3 is 3. The number of carbonyl (C=O) groups excluding carboxylic acids is 1. The molecule has 1 amide bonds. The second kappa shape index (κ2) is 11.3. The van der Waals surface area contributed by atoms with Crippen LogP contribution >= 0.6 is 0 Å². The summed E-state index contributed by atoms with van der Waals surface area (Å²) in [6.07, 6.45) is 2.91. The average Bonchev–Trinajstić information content (AvgIpc) is 3.52. The summed E-state index contributed by atoms with van der Waals surface area (Å²) in [4.78, 5) is 11.8. The minimum atomic E-state index is -4.14. The molecule has 4 aromatic rings. The molecule has 14 heteroatoms. The first-order valence-corrected chi connectivity index (χ1v) is 13.6. The van der Waals surface area contributed by atoms with Gasteiger partial charge >= 0.3 is 6.09 Å². The minimum absolute atomic E-state index is 0.0436. The van der Waals surface area contributed by atoms with Crippen LogP contribution in [0.1, 0.15) is 31.9 Å². The first-order valence-electron chi connectivity index (χ1n) is 12.1. The van der Waals surface area contributed by atoms with E-state index in [1.54, 1.807) is 56.0 Å². The number of ether oxygens (including phenoxy) is 4. The molecule has 214 valence electrons. The summed E-state index contributed by atoms with van der Waals surface area (Å²) >= 11 is 0. The van der Waals surface area contributed by atoms with Crippen molar-refractivity contribution in [3.63, 3.8) is 0 Å². The Balaban J connectivity index is 1.54. The standard InChI is InChI=1S/C26H31N5O8S/c1-26(2,3)38-25(32)27-12-17-13-28-31(15-17)14-16-9-20(37-6)23-21(10-16)39-29-24(23)30-40(33,34)22-11-18(35-4)7-8-19(22)36-5/h7-11,13,15H,12,14H2,1-6H3,(H,27,32)(H,29,30). The maximum Gasteiger partial charge on any atom is 0.407 e. The fourth-order valence-corrected chi connectivity index (χ4v) is 5.04. The van der Waals surface area contributed by atoms with Crippen LogP contribution < -0.4 is 24.2 Å². The maximum atomic E-state index is 13.2. The molecule has 0 spiro atoms. The second-order valence-electron chi connectivity index (χ2n) is 9.73. The number of carbonyl (C=O) groups is 1. The highest BCUT2D eigenvalue weighted by Gasteiger charge is 2.25. The smallest absolute Gasteiger partial charge is 0.407 e. The summed E-state index contributed by atoms with van der Waals surface area (Å²) < 4.78 is 57.3. The van der Waals surface area contributed by atoms with Gasteiger partial charge in [-0.3, -0.25) is 9.40 Å². The Labute approximate surface area is 231 Å². The van der Waals surface area contributed by atoms with Gasteiger partial charge < -0.3 is 28.8 Å². The highest BCUT2D eigenvalue weighted by molar-refractivity contribution is 7.92. The van der Waals surface area contributed by atoms with Gasteiger partial charge in [-0.1, -0.05) is 5.16 Å². The van der Waals surface area contributed by atoms with Crippen molar-refractivity contribution in [3.8, 4) is 17.2 Å². The van der Waals surface area contributed by atoms with Crippen molar-refractivity contribution in [3.05, 3.63) is 53.9 Å². The lowest BCUT2D eigenvalue weighted by Crippen LogP contribution is -2.32. The number of fused-ring (bicyclic) bond motifs is 1. The zero-order valence-electron chi connectivity index (χ0n) is 23.0. The van der Waals surface area contributed by atoms with Gasteiger partial charge in [0.15, 0.2) is 11.4 Å². The number of hydrogen-bond donors (Lipinski definition) is 2. The first-order chi connectivity index (χ1) is 18.9. The van der Waals surface area contributed by atoms with Crippen LogP contribution in [0.15, 0.2) is 52.1 Å². The van der Waals surface area contributed by atoms with Crippen molar-refractivity contribution in [1.82, 2.24) is 20.3 Å². The Bertz CT molecular complexity index is 1620. The monoisotopic (exact) mass is 573 g/mol. The third-order valence-electron chi connectivity index (χ3n) is 5.58. The summed E-state index contributed by atoms with van der Waals surface area (Å²) in [7, 11) is 0.129. The number of alkyl carbamates (subject to hydrolysis) is 1. The number of amides is 1. The van der Waals surface area contributed by atoms with Crippen LogP contribution in [0, 0.1) is 0 Å². The van der Waals surface area contributed by atoms with E-state index < -0.39 is 21.7 Å². The van der Waals surface area contributed by atoms with Crippen LogP contribution in [0.4, 0.5) is 10.6 Å². The van der Waals surface area contributed by atoms with Gasteiger partial charge in [-0.25, -0.2) is 13.2 Å². The number of benzene rings is 2. The Hall–Kier alpha value is -4.46. The van der Waals surface area contributed by atoms with E-state index in [0.29, 0.717) is 29.0 Å². The molecule has 0 unspecified atom stereocenters. The Morgan fingerprint density at radius 3 is 2.45 bits per heavy atom. The Morgan fingerprint density at radius 1 is 1.02 bits per heavy atom. The highest BCUT2D eigenvalue weighted by atomic mass is 32.2. The van der Waals surface area contributed by atoms with E-state index >= 15 is 0 Å². The molecule has 13 nitrogen and oxygen atoms in total. The van der Waals surface area contributed by atoms with E-state index in [-0.39, 0.29) is 23.0 Å². The number of hydrogen-bond acceptors (Lipinski definition) is 10. The highest BCUT2D eigenvalue weighted by Crippen LogP contribution is 2.36. The molecule has 0 saturated heterocycles. The van der Waals surface area contributed by atoms with Gasteiger partial charge in [-0.05, 0) is 50.6 Å². The quantitative estimate of drug-likeness (QED) is 0.285. The lowest BCUT2D eigenvalue weighted by atomic mass is 10.1. The molecule has 0 aliphatic carbocycles. The fourth-order valence-electron chi connectivity index (χ4n) is 3.85. The van der Waals surface area contributed by atoms with Crippen LogP contribution in [0.3, 0.4) is 0 Å². The van der Waals surface area contributed by atoms with E-state index in [2.05, 4.69) is 20.3 Å². The SMILES string of the molecule is COc1ccc(OC)c(S(=O)(=O)Nc2noc3cc(Cn4cc(CNC(=O)OC(C)(C)C)cn4)cc(OC)c23)c1. The molecule has 2 heterocycles. The third kappa shape index (κ3) is 6.57. The van der Waals surface area contributed by atoms with Crippen LogP contribution in [-0.4, -0.2) is 56.4 Å². The van der Waals surface area contributed by atoms with Gasteiger partial charge in [0.05, 0.1) is 34.1 Å². The minimum Gasteiger partial charge on any atom is -0.497 e. The molecule has 0 atom stereocenters. The number of nitrogens with zero attached hydrogens (tertiary/aromatic N) is 3. The molecule has 0 radical (unpaired) electrons. The Morgan fingerprint density at radius 2 is 1.77 bits per heavy atom. The second-order valence-corrected chi connectivity index (χ2v) is 11.4. The molecule has 40 heavy (non-hydrogen) atoms. The number of nitrogens with one attached hydrogen (secondary N) is 2. The van der Waals surface area contributed by atoms with Gasteiger partial charge in [-0.2, -0.15) is 5.10 Å². The maximum absolute atomic E-state index is 13.2. The first kappa shape index (κ1) is 28.5. The molecular formula is C26H31N5O8S. The van der Waals surface area contributed by atoms with Gasteiger partial charge in [0.2, 0.25) is 0 Å². The van der Waals surface area contributed by atoms with E-state index in [0.717, 1.165) is 11.1 Å². The third-order valence-corrected chi connectivity index (χ3v) is 6.94. The lowest BCUT2D eigenvalue weighted by molar-refractivity contribution is 0.0523. The van der Waals surface area contributed by atoms with Crippen molar-refractivity contribution >= 4 is 32.9 Å². The molecule has 0 bridgehead atoms. The van der Waals surface area contributed by atoms with E-state index in [4.69, 9.17) is 23.5 Å². The van der Waals surface area contributed by atoms with Crippen molar-refractivity contribution < 1.29 is 36.7 Å². The topological polar surface area (TPSA) is 156 Å². The number of aromatic nitrogens is 3. The largest absolute Gasteiger partial charge is 0.497 e. The number of sulfonamides is 1. The molecule has 0 aliphatic rings. The Kier molecular flexibility index (Phi) is 8.09. The van der Waals surface area contributed by atoms with Crippen molar-refractivity contribution in [2.24, 2.45) is 0 Å². The molecule has 4 rings (SSSR count). The van der Waals surface area contributed by atoms with Gasteiger partial charge in [0, 0.05) is 24.4 Å². The van der Waals surface area contributed by atoms with E-state index in [1.807, 2.05) is 0 Å². The van der Waals surface area contributed by atoms with Crippen LogP contribution in [0.5, 0.6) is 17.2 Å². The summed E-state index contributed by atoms with van der Waals surface area (Å²) in [6, 6.07) is 7.89. The van der Waals surface area contributed by atoms with E-state index in [1.165, 1.54) is 33.5 Å². The average molecular weight is 574 g/mol. The normalized spacial score (nSPS) is 11.8. The van der Waals surface area contributed by atoms with Crippen molar-refractivity contribution in [1.29, 1.82) is 0 Å². The summed E-state index contributed by atoms with van der Waals surface area (Å²) in [5, 5.41) is 11.3. The summed E-state index contributed by atoms with van der Waals surface area (Å²) in [5.74, 6) is 0.784. The predicted molar refractivity (Wildman–Crippen MR) is 145 cm³/mol. The lowest BCUT2D eigenvalue weighted by Gasteiger charge is -2.19. The van der Waals surface area contributed by atoms with Crippen LogP contribution in [-0.2, 0) is 27.8 Å². The predicted octanol–water partition coefficient (Wildman–Crippen LogP) is 3.92. The van der Waals surface area contributed by atoms with Gasteiger partial charge in [-0.15, -0.1) is 0 Å². The van der Waals surface area contributed by atoms with Crippen molar-refractivity contribution in [2.75, 3.05) is 26.1 Å². The zero-order chi connectivity index (χ0) is 29.1. The van der Waals surface area contributed by atoms with Crippen molar-refractivity contribution in [2.45, 2.75) is 44.4 Å². The van der Waals surface area contributed by atoms with Gasteiger partial charge in [0.1, 0.15) is 33.1 Å². The zero-order valence-corrected chi connectivity index (χ0v) is 23.8. The van der Waals surface area contributed by atoms with Crippen LogP contribution in [0.2, 0.25) is 0 Å². The molecule has 0 saturated carbocycles. The van der Waals surface area contributed by atoms with E-state index in [9.17, 15) is 13.2 Å². The fraction of sp³-hybridized carbons (Fsp3) is 0.346. The molecular weight excluding hydrogens is 542 g/mol. The molecule has 2 aromatic heterocycles. The van der Waals surface area contributed by atoms with Gasteiger partial charge in [0.25, 0.3) is 10.0 Å². The number of rotatable bonds is 10. The van der Waals surface area contributed by atoms with Crippen LogP contribution in [0.25, 0.3) is 11.0 Å². The summed E-state index contributed by atoms with van der Waals surface area (Å²) in [5.41, 5.74) is 1.26. The molecule has 2 N–H and O–H groups in total. The number of anilines is 1. The molecule has 0 aliphatic heterocycles. The summed E-state index contributed by atoms with van der Waals surface area (Å²) in [6.45, 7) is 5.97. The molecule has 0 fully saturated rings. The molecule has 2 aromatic carbocycles.